The summed E-state index contributed by atoms with van der Waals surface area (Å²) in [5.74, 6) is -0.383. The van der Waals surface area contributed by atoms with E-state index in [-0.39, 0.29) is 17.7 Å². The van der Waals surface area contributed by atoms with Crippen molar-refractivity contribution in [1.82, 2.24) is 19.4 Å². The van der Waals surface area contributed by atoms with Crippen LogP contribution in [0.15, 0.2) is 54.6 Å². The van der Waals surface area contributed by atoms with Crippen molar-refractivity contribution in [1.29, 1.82) is 0 Å². The third kappa shape index (κ3) is 2.97. The van der Waals surface area contributed by atoms with Gasteiger partial charge < -0.3 is 14.6 Å². The van der Waals surface area contributed by atoms with Gasteiger partial charge in [-0.3, -0.25) is 9.78 Å². The summed E-state index contributed by atoms with van der Waals surface area (Å²) in [4.78, 5) is 22.2. The molecule has 6 nitrogen and oxygen atoms in total. The molecule has 23 heavy (non-hydrogen) atoms. The standard InChI is InChI=1S/C17H20N4O2/c1-2-14-15(13-4-6-18-7-5-13)21(17(23)16(14)22)10-3-9-20-11-8-19-12-20/h4-8,11-12,15,22H,2-3,9-10H2,1H3. The molecule has 2 aromatic heterocycles. The van der Waals surface area contributed by atoms with Crippen molar-refractivity contribution in [2.45, 2.75) is 32.4 Å². The van der Waals surface area contributed by atoms with Gasteiger partial charge in [-0.05, 0) is 30.5 Å². The molecule has 2 aromatic rings. The van der Waals surface area contributed by atoms with Gasteiger partial charge in [-0.1, -0.05) is 6.92 Å². The molecule has 0 saturated carbocycles. The normalized spacial score (nSPS) is 18.0. The number of hydrogen-bond acceptors (Lipinski definition) is 4. The third-order valence-corrected chi connectivity index (χ3v) is 4.19. The second kappa shape index (κ2) is 6.64. The summed E-state index contributed by atoms with van der Waals surface area (Å²) in [6.45, 7) is 3.33. The van der Waals surface area contributed by atoms with Crippen LogP contribution in [0.1, 0.15) is 31.4 Å². The molecule has 0 aliphatic carbocycles. The molecule has 1 atom stereocenters. The average Bonchev–Trinajstić information content (AvgIpc) is 3.17. The van der Waals surface area contributed by atoms with Crippen molar-refractivity contribution in [3.8, 4) is 0 Å². The zero-order valence-corrected chi connectivity index (χ0v) is 13.1. The van der Waals surface area contributed by atoms with Crippen LogP contribution >= 0.6 is 0 Å². The van der Waals surface area contributed by atoms with E-state index in [4.69, 9.17) is 0 Å². The molecule has 0 radical (unpaired) electrons. The second-order valence-electron chi connectivity index (χ2n) is 5.56. The fraction of sp³-hybridized carbons (Fsp3) is 0.353. The van der Waals surface area contributed by atoms with E-state index in [0.717, 1.165) is 24.1 Å². The summed E-state index contributed by atoms with van der Waals surface area (Å²) in [7, 11) is 0. The SMILES string of the molecule is CCC1=C(O)C(=O)N(CCCn2ccnc2)C1c1ccncc1. The van der Waals surface area contributed by atoms with Crippen LogP contribution in [0.4, 0.5) is 0 Å². The lowest BCUT2D eigenvalue weighted by atomic mass is 9.98. The van der Waals surface area contributed by atoms with Crippen molar-refractivity contribution in [2.24, 2.45) is 0 Å². The topological polar surface area (TPSA) is 71.2 Å². The van der Waals surface area contributed by atoms with Crippen molar-refractivity contribution in [3.05, 3.63) is 60.1 Å². The van der Waals surface area contributed by atoms with E-state index in [9.17, 15) is 9.90 Å². The minimum Gasteiger partial charge on any atom is -0.503 e. The monoisotopic (exact) mass is 312 g/mol. The van der Waals surface area contributed by atoms with Gasteiger partial charge in [0.05, 0.1) is 12.4 Å². The molecule has 120 valence electrons. The Kier molecular flexibility index (Phi) is 4.41. The van der Waals surface area contributed by atoms with Gasteiger partial charge in [0.1, 0.15) is 0 Å². The van der Waals surface area contributed by atoms with E-state index in [1.165, 1.54) is 0 Å². The van der Waals surface area contributed by atoms with Crippen LogP contribution in [-0.4, -0.2) is 37.0 Å². The molecular formula is C17H20N4O2. The summed E-state index contributed by atoms with van der Waals surface area (Å²) in [6, 6.07) is 3.60. The molecule has 3 rings (SSSR count). The number of aliphatic hydroxyl groups is 1. The van der Waals surface area contributed by atoms with Gasteiger partial charge in [0.2, 0.25) is 0 Å². The predicted octanol–water partition coefficient (Wildman–Crippen LogP) is 2.47. The quantitative estimate of drug-likeness (QED) is 0.889. The first-order chi connectivity index (χ1) is 11.2. The van der Waals surface area contributed by atoms with Gasteiger partial charge in [0.15, 0.2) is 5.76 Å². The van der Waals surface area contributed by atoms with E-state index in [1.54, 1.807) is 29.8 Å². The highest BCUT2D eigenvalue weighted by Gasteiger charge is 2.38. The van der Waals surface area contributed by atoms with Gasteiger partial charge in [-0.2, -0.15) is 0 Å². The van der Waals surface area contributed by atoms with Crippen molar-refractivity contribution < 1.29 is 9.90 Å². The fourth-order valence-electron chi connectivity index (χ4n) is 3.07. The Bertz CT molecular complexity index is 695. The number of hydrogen-bond donors (Lipinski definition) is 1. The van der Waals surface area contributed by atoms with Crippen molar-refractivity contribution >= 4 is 5.91 Å². The minimum absolute atomic E-state index is 0.100. The number of aliphatic hydroxyl groups excluding tert-OH is 1. The second-order valence-corrected chi connectivity index (χ2v) is 5.56. The first-order valence-electron chi connectivity index (χ1n) is 7.81. The van der Waals surface area contributed by atoms with Gasteiger partial charge in [0.25, 0.3) is 5.91 Å². The molecule has 0 spiro atoms. The number of rotatable bonds is 6. The highest BCUT2D eigenvalue weighted by atomic mass is 16.3. The first-order valence-corrected chi connectivity index (χ1v) is 7.81. The molecular weight excluding hydrogens is 292 g/mol. The van der Waals surface area contributed by atoms with Crippen molar-refractivity contribution in [3.63, 3.8) is 0 Å². The van der Waals surface area contributed by atoms with E-state index in [0.29, 0.717) is 13.0 Å². The van der Waals surface area contributed by atoms with Crippen LogP contribution in [0.25, 0.3) is 0 Å². The summed E-state index contributed by atoms with van der Waals surface area (Å²) in [5.41, 5.74) is 1.76. The molecule has 0 fully saturated rings. The Balaban J connectivity index is 1.78. The Morgan fingerprint density at radius 2 is 1.96 bits per heavy atom. The average molecular weight is 312 g/mol. The number of pyridine rings is 1. The fourth-order valence-corrected chi connectivity index (χ4v) is 3.07. The van der Waals surface area contributed by atoms with E-state index < -0.39 is 0 Å². The van der Waals surface area contributed by atoms with Crippen LogP contribution < -0.4 is 0 Å². The number of carbonyl (C=O) groups excluding carboxylic acids is 1. The summed E-state index contributed by atoms with van der Waals surface area (Å²) in [5, 5.41) is 10.2. The molecule has 6 heteroatoms. The van der Waals surface area contributed by atoms with Crippen molar-refractivity contribution in [2.75, 3.05) is 6.54 Å². The molecule has 1 unspecified atom stereocenters. The van der Waals surface area contributed by atoms with E-state index in [1.807, 2.05) is 29.8 Å². The lowest BCUT2D eigenvalue weighted by Crippen LogP contribution is -2.32. The highest BCUT2D eigenvalue weighted by molar-refractivity contribution is 5.95. The number of nitrogens with zero attached hydrogens (tertiary/aromatic N) is 4. The largest absolute Gasteiger partial charge is 0.503 e. The first kappa shape index (κ1) is 15.3. The van der Waals surface area contributed by atoms with Crippen LogP contribution in [0, 0.1) is 0 Å². The summed E-state index contributed by atoms with van der Waals surface area (Å²) < 4.78 is 1.98. The minimum atomic E-state index is -0.283. The lowest BCUT2D eigenvalue weighted by molar-refractivity contribution is -0.129. The molecule has 0 saturated heterocycles. The number of aryl methyl sites for hydroxylation is 1. The number of imidazole rings is 1. The molecule has 1 aliphatic rings. The van der Waals surface area contributed by atoms with Crippen LogP contribution in [0.5, 0.6) is 0 Å². The molecule has 1 N–H and O–H groups in total. The Labute approximate surface area is 135 Å². The highest BCUT2D eigenvalue weighted by Crippen LogP contribution is 2.38. The van der Waals surface area contributed by atoms with Gasteiger partial charge in [-0.15, -0.1) is 0 Å². The molecule has 1 amide bonds. The van der Waals surface area contributed by atoms with E-state index >= 15 is 0 Å². The maximum atomic E-state index is 12.4. The number of amides is 1. The molecule has 1 aliphatic heterocycles. The van der Waals surface area contributed by atoms with Crippen LogP contribution in [-0.2, 0) is 11.3 Å². The van der Waals surface area contributed by atoms with Gasteiger partial charge in [-0.25, -0.2) is 4.98 Å². The van der Waals surface area contributed by atoms with Gasteiger partial charge >= 0.3 is 0 Å². The maximum absolute atomic E-state index is 12.4. The summed E-state index contributed by atoms with van der Waals surface area (Å²) in [6.07, 6.45) is 10.3. The van der Waals surface area contributed by atoms with Gasteiger partial charge in [0, 0.05) is 43.4 Å². The van der Waals surface area contributed by atoms with Crippen LogP contribution in [0.3, 0.4) is 0 Å². The number of aromatic nitrogens is 3. The Hall–Kier alpha value is -2.63. The predicted molar refractivity (Wildman–Crippen MR) is 85.5 cm³/mol. The Morgan fingerprint density at radius 3 is 2.61 bits per heavy atom. The zero-order chi connectivity index (χ0) is 16.2. The van der Waals surface area contributed by atoms with E-state index in [2.05, 4.69) is 9.97 Å². The van der Waals surface area contributed by atoms with Crippen LogP contribution in [0.2, 0.25) is 0 Å². The molecule has 3 heterocycles. The third-order valence-electron chi connectivity index (χ3n) is 4.19. The smallest absolute Gasteiger partial charge is 0.289 e. The maximum Gasteiger partial charge on any atom is 0.289 e. The molecule has 0 bridgehead atoms. The Morgan fingerprint density at radius 1 is 1.17 bits per heavy atom. The summed E-state index contributed by atoms with van der Waals surface area (Å²) >= 11 is 0. The lowest BCUT2D eigenvalue weighted by Gasteiger charge is -2.27. The molecule has 0 aromatic carbocycles. The zero-order valence-electron chi connectivity index (χ0n) is 13.1. The number of carbonyl (C=O) groups is 1.